The molecule has 0 fully saturated rings. The monoisotopic (exact) mass is 491 g/mol. The average molecular weight is 492 g/mol. The van der Waals surface area contributed by atoms with Gasteiger partial charge in [0.2, 0.25) is 17.6 Å². The van der Waals surface area contributed by atoms with Gasteiger partial charge in [0.25, 0.3) is 17.0 Å². The number of nitrogens with zero attached hydrogens (tertiary/aromatic N) is 3. The van der Waals surface area contributed by atoms with E-state index in [2.05, 4.69) is 25.0 Å². The van der Waals surface area contributed by atoms with Gasteiger partial charge in [-0.3, -0.25) is 10.5 Å². The molecule has 16 heteroatoms. The van der Waals surface area contributed by atoms with Crippen molar-refractivity contribution in [3.05, 3.63) is 0 Å². The van der Waals surface area contributed by atoms with Crippen LogP contribution in [0.3, 0.4) is 0 Å². The first kappa shape index (κ1) is 23.4. The number of amides is 2. The van der Waals surface area contributed by atoms with Gasteiger partial charge in [-0.1, -0.05) is 23.8 Å². The smallest absolute Gasteiger partial charge is 0.422 e. The molecule has 13 nitrogen and oxygen atoms in total. The van der Waals surface area contributed by atoms with Crippen LogP contribution in [0.5, 0.6) is 0 Å². The van der Waals surface area contributed by atoms with Crippen LogP contribution in [0.2, 0.25) is 0 Å². The molecule has 3 heterocycles. The third kappa shape index (κ3) is 4.65. The molecule has 6 N–H and O–H groups in total. The third-order valence-electron chi connectivity index (χ3n) is 4.33. The van der Waals surface area contributed by atoms with E-state index in [1.165, 1.54) is 34.4 Å². The van der Waals surface area contributed by atoms with Gasteiger partial charge in [0, 0.05) is 17.7 Å². The second-order valence-corrected chi connectivity index (χ2v) is 9.94. The first-order chi connectivity index (χ1) is 14.7. The van der Waals surface area contributed by atoms with E-state index < -0.39 is 53.2 Å². The Morgan fingerprint density at radius 1 is 1.52 bits per heavy atom. The van der Waals surface area contributed by atoms with Crippen LogP contribution in [-0.4, -0.2) is 96.1 Å². The normalized spacial score (nSPS) is 29.7. The number of carboxylic acids is 2. The summed E-state index contributed by atoms with van der Waals surface area (Å²) in [7, 11) is 0. The van der Waals surface area contributed by atoms with Crippen LogP contribution >= 0.6 is 35.5 Å². The van der Waals surface area contributed by atoms with Crippen LogP contribution in [0.15, 0.2) is 10.1 Å². The van der Waals surface area contributed by atoms with E-state index in [1.54, 1.807) is 0 Å². The Bertz CT molecular complexity index is 910. The second kappa shape index (κ2) is 9.46. The van der Waals surface area contributed by atoms with Crippen molar-refractivity contribution < 1.29 is 38.8 Å². The number of carboxylic acid groups (broad SMARTS) is 2. The number of aliphatic imine (C=N–C) groups is 1. The Balaban J connectivity index is 1.81. The number of carbonyl (C=O) groups is 4. The largest absolute Gasteiger partial charge is 0.479 e. The van der Waals surface area contributed by atoms with Gasteiger partial charge in [0.15, 0.2) is 5.71 Å². The van der Waals surface area contributed by atoms with E-state index in [4.69, 9.17) is 10.8 Å². The van der Waals surface area contributed by atoms with Crippen LogP contribution in [0.1, 0.15) is 6.92 Å². The first-order valence-electron chi connectivity index (χ1n) is 8.86. The van der Waals surface area contributed by atoms with E-state index >= 15 is 0 Å². The summed E-state index contributed by atoms with van der Waals surface area (Å²) in [6.45, 7) is 1.09. The molecule has 4 atom stereocenters. The first-order valence-corrected chi connectivity index (χ1v) is 11.7. The fourth-order valence-corrected chi connectivity index (χ4v) is 6.26. The summed E-state index contributed by atoms with van der Waals surface area (Å²) in [4.78, 5) is 54.8. The van der Waals surface area contributed by atoms with Crippen LogP contribution in [0, 0.1) is 0 Å². The lowest BCUT2D eigenvalue weighted by molar-refractivity contribution is -0.494. The molecule has 168 valence electrons. The molecule has 4 unspecified atom stereocenters. The number of thioether (sulfide) groups is 2. The highest BCUT2D eigenvalue weighted by Gasteiger charge is 2.61. The van der Waals surface area contributed by atoms with Crippen LogP contribution < -0.4 is 15.8 Å². The zero-order valence-electron chi connectivity index (χ0n) is 16.0. The lowest BCUT2D eigenvalue weighted by Gasteiger charge is -2.34. The predicted octanol–water partition coefficient (Wildman–Crippen LogP) is -1.91. The number of hydrogen-bond acceptors (Lipinski definition) is 12. The molecule has 0 aliphatic carbocycles. The molecule has 0 aromatic carbocycles. The van der Waals surface area contributed by atoms with Gasteiger partial charge in [0.1, 0.15) is 0 Å². The molecular weight excluding hydrogens is 472 g/mol. The minimum atomic E-state index is -1.70. The Morgan fingerprint density at radius 2 is 2.26 bits per heavy atom. The van der Waals surface area contributed by atoms with Crippen LogP contribution in [0.4, 0.5) is 0 Å². The number of carbonyl (C=O) groups excluding carboxylic acids is 2. The van der Waals surface area contributed by atoms with Crippen molar-refractivity contribution in [2.75, 3.05) is 18.1 Å². The van der Waals surface area contributed by atoms with Crippen molar-refractivity contribution in [1.29, 1.82) is 0 Å². The predicted molar refractivity (Wildman–Crippen MR) is 115 cm³/mol. The maximum Gasteiger partial charge on any atom is 0.422 e. The summed E-state index contributed by atoms with van der Waals surface area (Å²) < 4.78 is 3.82. The summed E-state index contributed by atoms with van der Waals surface area (Å²) >= 11 is 3.58. The molecule has 31 heavy (non-hydrogen) atoms. The van der Waals surface area contributed by atoms with Gasteiger partial charge in [-0.2, -0.15) is 11.8 Å². The molecule has 0 aromatic heterocycles. The second-order valence-electron chi connectivity index (χ2n) is 6.32. The number of oxime groups is 1. The minimum absolute atomic E-state index is 0.277. The molecule has 2 amide bonds. The van der Waals surface area contributed by atoms with Crippen LogP contribution in [0.25, 0.3) is 0 Å². The number of hydrogen-bond donors (Lipinski definition) is 5. The van der Waals surface area contributed by atoms with E-state index in [-0.39, 0.29) is 5.25 Å². The molecule has 0 aromatic rings. The molecular formula is C15H19N6O7S3+. The highest BCUT2D eigenvalue weighted by molar-refractivity contribution is 8.15. The van der Waals surface area contributed by atoms with Crippen LogP contribution in [-0.2, 0) is 24.0 Å². The number of nitrogens with one attached hydrogen (secondary N) is 2. The molecule has 3 aliphatic heterocycles. The van der Waals surface area contributed by atoms with E-state index in [9.17, 15) is 24.3 Å². The SMILES string of the molecule is CCSC1CSC2=[N+](C(=O)C2NC(=O)C(=NOCC(=O)O)C2(N)N=CNS2)C1C(=O)O. The lowest BCUT2D eigenvalue weighted by atomic mass is 10.1. The standard InChI is InChI=1S/C15H18N6O7S3/c1-2-29-6-4-30-13-8(12(25)21(13)9(6)14(26)27)19-11(24)10(20-28-3-7(22)23)15(16)17-5-18-31-15/h5-6,8-9H,2-4,16H2,1H3,(H3-,17,18,19,22,23,24,26,27)/p+1. The Kier molecular flexibility index (Phi) is 7.13. The van der Waals surface area contributed by atoms with Crippen molar-refractivity contribution in [2.24, 2.45) is 15.9 Å². The molecule has 0 radical (unpaired) electrons. The van der Waals surface area contributed by atoms with E-state index in [1.807, 2.05) is 6.92 Å². The van der Waals surface area contributed by atoms with Gasteiger partial charge in [-0.15, -0.1) is 4.58 Å². The topological polar surface area (TPSA) is 196 Å². The number of nitrogens with two attached hydrogens (primary N) is 1. The summed E-state index contributed by atoms with van der Waals surface area (Å²) in [5.41, 5.74) is 5.58. The molecule has 3 aliphatic rings. The maximum absolute atomic E-state index is 12.8. The van der Waals surface area contributed by atoms with Gasteiger partial charge in [-0.25, -0.2) is 19.4 Å². The summed E-state index contributed by atoms with van der Waals surface area (Å²) in [5.74, 6) is -2.72. The Morgan fingerprint density at radius 3 is 2.84 bits per heavy atom. The van der Waals surface area contributed by atoms with Gasteiger partial charge < -0.3 is 25.1 Å². The van der Waals surface area contributed by atoms with Crippen molar-refractivity contribution in [3.63, 3.8) is 0 Å². The zero-order chi connectivity index (χ0) is 22.8. The van der Waals surface area contributed by atoms with Gasteiger partial charge >= 0.3 is 17.8 Å². The summed E-state index contributed by atoms with van der Waals surface area (Å²) in [5, 5.41) is 24.4. The summed E-state index contributed by atoms with van der Waals surface area (Å²) in [6, 6.07) is -2.09. The Labute approximate surface area is 188 Å². The fraction of sp³-hybridized carbons (Fsp3) is 0.533. The molecule has 0 spiro atoms. The molecule has 0 bridgehead atoms. The number of rotatable bonds is 9. The minimum Gasteiger partial charge on any atom is -0.479 e. The lowest BCUT2D eigenvalue weighted by Crippen LogP contribution is -2.69. The highest BCUT2D eigenvalue weighted by atomic mass is 32.2. The molecule has 3 rings (SSSR count). The summed E-state index contributed by atoms with van der Waals surface area (Å²) in [6.07, 6.45) is 1.23. The number of aliphatic carboxylic acids is 2. The van der Waals surface area contributed by atoms with Crippen molar-refractivity contribution in [3.8, 4) is 0 Å². The maximum atomic E-state index is 12.8. The third-order valence-corrected chi connectivity index (χ3v) is 7.81. The van der Waals surface area contributed by atoms with E-state index in [0.29, 0.717) is 16.5 Å². The van der Waals surface area contributed by atoms with Crippen molar-refractivity contribution >= 4 is 76.3 Å². The molecule has 0 saturated heterocycles. The molecule has 0 saturated carbocycles. The quantitative estimate of drug-likeness (QED) is 0.104. The van der Waals surface area contributed by atoms with Crippen molar-refractivity contribution in [2.45, 2.75) is 29.3 Å². The zero-order valence-corrected chi connectivity index (χ0v) is 18.5. The van der Waals surface area contributed by atoms with Crippen molar-refractivity contribution in [1.82, 2.24) is 10.0 Å². The van der Waals surface area contributed by atoms with E-state index in [0.717, 1.165) is 11.9 Å². The van der Waals surface area contributed by atoms with Gasteiger partial charge in [0.05, 0.1) is 11.6 Å². The van der Waals surface area contributed by atoms with Gasteiger partial charge in [-0.05, 0) is 5.75 Å². The highest BCUT2D eigenvalue weighted by Crippen LogP contribution is 2.34. The fourth-order valence-electron chi connectivity index (χ4n) is 3.02. The Hall–Kier alpha value is -2.30. The average Bonchev–Trinajstić information content (AvgIpc) is 3.15.